The van der Waals surface area contributed by atoms with Crippen LogP contribution in [-0.4, -0.2) is 16.1 Å². The molecule has 0 unspecified atom stereocenters. The zero-order valence-electron chi connectivity index (χ0n) is 12.7. The molecule has 0 bridgehead atoms. The molecule has 0 N–H and O–H groups in total. The average Bonchev–Trinajstić information content (AvgIpc) is 3.31. The van der Waals surface area contributed by atoms with Crippen LogP contribution in [0.15, 0.2) is 47.0 Å². The first-order valence-electron chi connectivity index (χ1n) is 7.24. The molecule has 0 atom stereocenters. The van der Waals surface area contributed by atoms with Gasteiger partial charge >= 0.3 is 5.97 Å². The molecule has 0 radical (unpaired) electrons. The molecule has 0 aliphatic heterocycles. The quantitative estimate of drug-likeness (QED) is 0.497. The Balaban J connectivity index is 1.50. The number of fused-ring (bicyclic) bond motifs is 1. The second-order valence-electron chi connectivity index (χ2n) is 5.16. The molecule has 0 saturated heterocycles. The van der Waals surface area contributed by atoms with Gasteiger partial charge in [0.05, 0.1) is 15.1 Å². The van der Waals surface area contributed by atoms with E-state index in [0.29, 0.717) is 16.3 Å². The number of hydrogen-bond acceptors (Lipinski definition) is 7. The summed E-state index contributed by atoms with van der Waals surface area (Å²) in [5.41, 5.74) is 1.57. The fraction of sp³-hybridized carbons (Fsp3) is 0.118. The molecular weight excluding hydrogens is 344 g/mol. The number of thiophene rings is 1. The number of hydrogen-bond donors (Lipinski definition) is 0. The Kier molecular flexibility index (Phi) is 3.87. The maximum absolute atomic E-state index is 12.2. The van der Waals surface area contributed by atoms with Crippen molar-refractivity contribution in [1.29, 1.82) is 0 Å². The standard InChI is InChI=1S/C17H12N2O3S2/c1-10-8-11(19-22-10)9-21-17(20)15-7-6-14(23-15)16-18-12-4-2-3-5-13(12)24-16/h2-8H,9H2,1H3. The third-order valence-electron chi connectivity index (χ3n) is 3.34. The van der Waals surface area contributed by atoms with E-state index in [2.05, 4.69) is 10.1 Å². The molecule has 24 heavy (non-hydrogen) atoms. The van der Waals surface area contributed by atoms with Crippen molar-refractivity contribution in [2.24, 2.45) is 0 Å². The number of ether oxygens (including phenoxy) is 1. The van der Waals surface area contributed by atoms with E-state index in [1.165, 1.54) is 11.3 Å². The Hall–Kier alpha value is -2.51. The number of carbonyl (C=O) groups is 1. The molecule has 0 spiro atoms. The maximum Gasteiger partial charge on any atom is 0.348 e. The number of nitrogens with zero attached hydrogens (tertiary/aromatic N) is 2. The molecule has 120 valence electrons. The van der Waals surface area contributed by atoms with Crippen LogP contribution in [0, 0.1) is 6.92 Å². The van der Waals surface area contributed by atoms with E-state index < -0.39 is 0 Å². The second kappa shape index (κ2) is 6.18. The summed E-state index contributed by atoms with van der Waals surface area (Å²) in [6.07, 6.45) is 0. The normalized spacial score (nSPS) is 11.0. The Bertz CT molecular complexity index is 983. The Morgan fingerprint density at radius 2 is 2.08 bits per heavy atom. The van der Waals surface area contributed by atoms with Gasteiger partial charge in [-0.05, 0) is 31.2 Å². The highest BCUT2D eigenvalue weighted by Crippen LogP contribution is 2.34. The van der Waals surface area contributed by atoms with Crippen LogP contribution >= 0.6 is 22.7 Å². The lowest BCUT2D eigenvalue weighted by molar-refractivity contribution is 0.0470. The summed E-state index contributed by atoms with van der Waals surface area (Å²) in [4.78, 5) is 18.3. The summed E-state index contributed by atoms with van der Waals surface area (Å²) in [5.74, 6) is 0.323. The van der Waals surface area contributed by atoms with Gasteiger partial charge in [0.25, 0.3) is 0 Å². The summed E-state index contributed by atoms with van der Waals surface area (Å²) in [6.45, 7) is 1.90. The van der Waals surface area contributed by atoms with Crippen molar-refractivity contribution < 1.29 is 14.1 Å². The molecule has 0 aliphatic rings. The number of carbonyl (C=O) groups excluding carboxylic acids is 1. The molecule has 4 rings (SSSR count). The fourth-order valence-electron chi connectivity index (χ4n) is 2.24. The lowest BCUT2D eigenvalue weighted by Gasteiger charge is -1.99. The van der Waals surface area contributed by atoms with E-state index >= 15 is 0 Å². The van der Waals surface area contributed by atoms with E-state index in [9.17, 15) is 4.79 Å². The van der Waals surface area contributed by atoms with Crippen molar-refractivity contribution in [2.45, 2.75) is 13.5 Å². The van der Waals surface area contributed by atoms with Gasteiger partial charge in [-0.1, -0.05) is 17.3 Å². The lowest BCUT2D eigenvalue weighted by Crippen LogP contribution is -2.03. The molecule has 5 nitrogen and oxygen atoms in total. The van der Waals surface area contributed by atoms with Crippen molar-refractivity contribution >= 4 is 38.9 Å². The third-order valence-corrected chi connectivity index (χ3v) is 5.61. The highest BCUT2D eigenvalue weighted by atomic mass is 32.1. The lowest BCUT2D eigenvalue weighted by atomic mass is 10.3. The maximum atomic E-state index is 12.2. The van der Waals surface area contributed by atoms with Crippen molar-refractivity contribution in [3.63, 3.8) is 0 Å². The van der Waals surface area contributed by atoms with E-state index in [4.69, 9.17) is 9.26 Å². The van der Waals surface area contributed by atoms with E-state index in [1.807, 2.05) is 30.3 Å². The topological polar surface area (TPSA) is 65.2 Å². The molecular formula is C17H12N2O3S2. The van der Waals surface area contributed by atoms with Crippen LogP contribution in [0.3, 0.4) is 0 Å². The van der Waals surface area contributed by atoms with Crippen LogP contribution in [0.1, 0.15) is 21.1 Å². The Morgan fingerprint density at radius 1 is 1.21 bits per heavy atom. The van der Waals surface area contributed by atoms with E-state index in [1.54, 1.807) is 30.4 Å². The first kappa shape index (κ1) is 15.0. The van der Waals surface area contributed by atoms with Gasteiger partial charge in [0.2, 0.25) is 0 Å². The van der Waals surface area contributed by atoms with Gasteiger partial charge in [-0.2, -0.15) is 0 Å². The average molecular weight is 356 g/mol. The predicted octanol–water partition coefficient (Wildman–Crippen LogP) is 4.68. The zero-order valence-corrected chi connectivity index (χ0v) is 14.3. The number of benzene rings is 1. The minimum atomic E-state index is -0.368. The van der Waals surface area contributed by atoms with Crippen LogP contribution in [0.2, 0.25) is 0 Å². The largest absolute Gasteiger partial charge is 0.455 e. The van der Waals surface area contributed by atoms with Crippen LogP contribution in [0.4, 0.5) is 0 Å². The van der Waals surface area contributed by atoms with Gasteiger partial charge in [-0.15, -0.1) is 22.7 Å². The first-order valence-corrected chi connectivity index (χ1v) is 8.87. The minimum Gasteiger partial charge on any atom is -0.455 e. The van der Waals surface area contributed by atoms with Crippen molar-refractivity contribution in [2.75, 3.05) is 0 Å². The predicted molar refractivity (Wildman–Crippen MR) is 93.3 cm³/mol. The minimum absolute atomic E-state index is 0.102. The van der Waals surface area contributed by atoms with Crippen LogP contribution in [-0.2, 0) is 11.3 Å². The van der Waals surface area contributed by atoms with E-state index in [0.717, 1.165) is 20.1 Å². The molecule has 0 fully saturated rings. The Labute approximate surface area is 145 Å². The van der Waals surface area contributed by atoms with Crippen molar-refractivity contribution in [1.82, 2.24) is 10.1 Å². The zero-order chi connectivity index (χ0) is 16.5. The second-order valence-corrected chi connectivity index (χ2v) is 7.27. The monoisotopic (exact) mass is 356 g/mol. The SMILES string of the molecule is Cc1cc(COC(=O)c2ccc(-c3nc4ccccc4s3)s2)no1. The molecule has 0 amide bonds. The highest BCUT2D eigenvalue weighted by Gasteiger charge is 2.15. The molecule has 3 heterocycles. The Morgan fingerprint density at radius 3 is 2.88 bits per heavy atom. The smallest absolute Gasteiger partial charge is 0.348 e. The van der Waals surface area contributed by atoms with E-state index in [-0.39, 0.29) is 12.6 Å². The van der Waals surface area contributed by atoms with Crippen LogP contribution in [0.5, 0.6) is 0 Å². The number of rotatable bonds is 4. The van der Waals surface area contributed by atoms with Gasteiger partial charge in [-0.25, -0.2) is 9.78 Å². The number of aryl methyl sites for hydroxylation is 1. The molecule has 4 aromatic rings. The molecule has 7 heteroatoms. The van der Waals surface area contributed by atoms with Crippen molar-refractivity contribution in [3.05, 3.63) is 58.8 Å². The molecule has 0 saturated carbocycles. The summed E-state index contributed by atoms with van der Waals surface area (Å²) in [5, 5.41) is 4.71. The summed E-state index contributed by atoms with van der Waals surface area (Å²) in [7, 11) is 0. The van der Waals surface area contributed by atoms with Gasteiger partial charge in [-0.3, -0.25) is 0 Å². The van der Waals surface area contributed by atoms with Gasteiger partial charge in [0.1, 0.15) is 27.9 Å². The molecule has 3 aromatic heterocycles. The summed E-state index contributed by atoms with van der Waals surface area (Å²) in [6, 6.07) is 13.4. The van der Waals surface area contributed by atoms with Gasteiger partial charge in [0.15, 0.2) is 0 Å². The molecule has 1 aromatic carbocycles. The van der Waals surface area contributed by atoms with Crippen molar-refractivity contribution in [3.8, 4) is 9.88 Å². The number of aromatic nitrogens is 2. The number of esters is 1. The first-order chi connectivity index (χ1) is 11.7. The van der Waals surface area contributed by atoms with Crippen LogP contribution < -0.4 is 0 Å². The summed E-state index contributed by atoms with van der Waals surface area (Å²) < 4.78 is 11.3. The highest BCUT2D eigenvalue weighted by molar-refractivity contribution is 7.26. The number of thiazole rings is 1. The van der Waals surface area contributed by atoms with Gasteiger partial charge in [0, 0.05) is 6.07 Å². The van der Waals surface area contributed by atoms with Gasteiger partial charge < -0.3 is 9.26 Å². The molecule has 0 aliphatic carbocycles. The van der Waals surface area contributed by atoms with Crippen LogP contribution in [0.25, 0.3) is 20.1 Å². The third kappa shape index (κ3) is 2.95. The summed E-state index contributed by atoms with van der Waals surface area (Å²) >= 11 is 2.99. The number of para-hydroxylation sites is 1. The fourth-order valence-corrected chi connectivity index (χ4v) is 4.16.